The predicted molar refractivity (Wildman–Crippen MR) is 64.3 cm³/mol. The van der Waals surface area contributed by atoms with Crippen LogP contribution in [0.4, 0.5) is 0 Å². The number of hydrogen-bond donors (Lipinski definition) is 0. The minimum Gasteiger partial charge on any atom is -0.126 e. The Morgan fingerprint density at radius 2 is 1.93 bits per heavy atom. The average Bonchev–Trinajstić information content (AvgIpc) is 2.76. The number of rotatable bonds is 4. The molecule has 1 unspecified atom stereocenters. The Bertz CT molecular complexity index is 297. The molecule has 0 saturated heterocycles. The fourth-order valence-corrected chi connectivity index (χ4v) is 3.00. The molecule has 76 valence electrons. The molecule has 0 N–H and O–H groups in total. The van der Waals surface area contributed by atoms with Gasteiger partial charge in [-0.3, -0.25) is 0 Å². The van der Waals surface area contributed by atoms with E-state index in [1.54, 1.807) is 0 Å². The molecule has 0 aromatic heterocycles. The molecular weight excluding hydrogens is 235 g/mol. The zero-order chi connectivity index (χ0) is 10.0. The molecule has 14 heavy (non-hydrogen) atoms. The Hall–Kier alpha value is 0.150. The summed E-state index contributed by atoms with van der Waals surface area (Å²) < 4.78 is -0.406. The first-order chi connectivity index (χ1) is 6.68. The summed E-state index contributed by atoms with van der Waals surface area (Å²) in [6.07, 6.45) is 2.08. The van der Waals surface area contributed by atoms with Crippen LogP contribution in [-0.4, -0.2) is 10.1 Å². The van der Waals surface area contributed by atoms with Crippen LogP contribution in [0.1, 0.15) is 12.8 Å². The van der Waals surface area contributed by atoms with Gasteiger partial charge in [-0.1, -0.05) is 18.2 Å². The van der Waals surface area contributed by atoms with E-state index in [0.717, 1.165) is 18.6 Å². The maximum absolute atomic E-state index is 5.95. The normalized spacial score (nSPS) is 23.4. The lowest BCUT2D eigenvalue weighted by Gasteiger charge is -2.01. The molecular formula is C11H12Cl2S. The molecule has 1 fully saturated rings. The molecule has 0 amide bonds. The quantitative estimate of drug-likeness (QED) is 0.562. The van der Waals surface area contributed by atoms with Gasteiger partial charge in [0.15, 0.2) is 0 Å². The first kappa shape index (κ1) is 10.7. The molecule has 1 aromatic rings. The second-order valence-corrected chi connectivity index (χ2v) is 6.32. The van der Waals surface area contributed by atoms with Gasteiger partial charge in [-0.15, -0.1) is 35.0 Å². The lowest BCUT2D eigenvalue weighted by Crippen LogP contribution is -1.91. The molecule has 1 aromatic carbocycles. The van der Waals surface area contributed by atoms with Gasteiger partial charge in [-0.05, 0) is 36.6 Å². The smallest absolute Gasteiger partial charge is 0.121 e. The van der Waals surface area contributed by atoms with Gasteiger partial charge in [0, 0.05) is 4.90 Å². The highest BCUT2D eigenvalue weighted by Crippen LogP contribution is 2.55. The van der Waals surface area contributed by atoms with Crippen LogP contribution in [0.3, 0.4) is 0 Å². The Balaban J connectivity index is 1.69. The van der Waals surface area contributed by atoms with Crippen molar-refractivity contribution in [1.29, 1.82) is 0 Å². The van der Waals surface area contributed by atoms with E-state index in [0.29, 0.717) is 5.92 Å². The van der Waals surface area contributed by atoms with Gasteiger partial charge in [0.25, 0.3) is 0 Å². The topological polar surface area (TPSA) is 0 Å². The van der Waals surface area contributed by atoms with Gasteiger partial charge in [-0.2, -0.15) is 0 Å². The fraction of sp³-hybridized carbons (Fsp3) is 0.455. The molecule has 2 rings (SSSR count). The summed E-state index contributed by atoms with van der Waals surface area (Å²) in [5, 5.41) is 0. The van der Waals surface area contributed by atoms with E-state index in [4.69, 9.17) is 23.2 Å². The molecule has 0 nitrogen and oxygen atoms in total. The minimum absolute atomic E-state index is 0.406. The molecule has 1 saturated carbocycles. The second-order valence-electron chi connectivity index (χ2n) is 3.61. The van der Waals surface area contributed by atoms with E-state index < -0.39 is 4.33 Å². The molecule has 1 aliphatic rings. The summed E-state index contributed by atoms with van der Waals surface area (Å²) in [5.41, 5.74) is 0. The Morgan fingerprint density at radius 1 is 1.29 bits per heavy atom. The summed E-state index contributed by atoms with van der Waals surface area (Å²) in [6, 6.07) is 10.4. The predicted octanol–water partition coefficient (Wildman–Crippen LogP) is 4.36. The summed E-state index contributed by atoms with van der Waals surface area (Å²) in [5.74, 6) is 1.62. The van der Waals surface area contributed by atoms with E-state index in [-0.39, 0.29) is 0 Å². The van der Waals surface area contributed by atoms with Crippen LogP contribution in [0.15, 0.2) is 35.2 Å². The Kier molecular flexibility index (Phi) is 3.30. The third-order valence-corrected chi connectivity index (χ3v) is 4.41. The third-order valence-electron chi connectivity index (χ3n) is 2.43. The first-order valence-electron chi connectivity index (χ1n) is 4.74. The van der Waals surface area contributed by atoms with Crippen molar-refractivity contribution in [2.24, 2.45) is 5.92 Å². The van der Waals surface area contributed by atoms with Crippen molar-refractivity contribution in [3.05, 3.63) is 30.3 Å². The van der Waals surface area contributed by atoms with Crippen molar-refractivity contribution in [2.45, 2.75) is 22.1 Å². The van der Waals surface area contributed by atoms with Crippen LogP contribution < -0.4 is 0 Å². The van der Waals surface area contributed by atoms with Crippen molar-refractivity contribution in [3.8, 4) is 0 Å². The van der Waals surface area contributed by atoms with Crippen molar-refractivity contribution >= 4 is 35.0 Å². The monoisotopic (exact) mass is 246 g/mol. The number of halogens is 2. The fourth-order valence-electron chi connectivity index (χ4n) is 1.42. The van der Waals surface area contributed by atoms with E-state index in [1.165, 1.54) is 4.90 Å². The number of benzene rings is 1. The van der Waals surface area contributed by atoms with E-state index >= 15 is 0 Å². The van der Waals surface area contributed by atoms with E-state index in [9.17, 15) is 0 Å². The molecule has 1 aliphatic carbocycles. The van der Waals surface area contributed by atoms with Gasteiger partial charge in [0.2, 0.25) is 0 Å². The molecule has 0 heterocycles. The number of hydrogen-bond acceptors (Lipinski definition) is 1. The highest BCUT2D eigenvalue weighted by atomic mass is 35.5. The molecule has 3 heteroatoms. The standard InChI is InChI=1S/C11H12Cl2S/c12-11(13)8-9(11)6-7-14-10-4-2-1-3-5-10/h1-5,9H,6-8H2. The largest absolute Gasteiger partial charge is 0.126 e. The van der Waals surface area contributed by atoms with Crippen LogP contribution >= 0.6 is 35.0 Å². The summed E-state index contributed by atoms with van der Waals surface area (Å²) in [6.45, 7) is 0. The number of thioether (sulfide) groups is 1. The second kappa shape index (κ2) is 4.34. The van der Waals surface area contributed by atoms with Crippen molar-refractivity contribution in [2.75, 3.05) is 5.75 Å². The lowest BCUT2D eigenvalue weighted by molar-refractivity contribution is 0.797. The lowest BCUT2D eigenvalue weighted by atomic mass is 10.3. The van der Waals surface area contributed by atoms with Crippen LogP contribution in [0, 0.1) is 5.92 Å². The molecule has 1 atom stereocenters. The molecule has 0 aliphatic heterocycles. The van der Waals surface area contributed by atoms with Gasteiger partial charge < -0.3 is 0 Å². The van der Waals surface area contributed by atoms with Crippen molar-refractivity contribution in [3.63, 3.8) is 0 Å². The maximum Gasteiger partial charge on any atom is 0.121 e. The zero-order valence-corrected chi connectivity index (χ0v) is 10.1. The van der Waals surface area contributed by atoms with Crippen molar-refractivity contribution < 1.29 is 0 Å². The number of alkyl halides is 2. The SMILES string of the molecule is ClC1(Cl)CC1CCSc1ccccc1. The zero-order valence-electron chi connectivity index (χ0n) is 7.75. The van der Waals surface area contributed by atoms with Gasteiger partial charge in [0.1, 0.15) is 4.33 Å². The molecule has 0 bridgehead atoms. The van der Waals surface area contributed by atoms with Gasteiger partial charge in [0.05, 0.1) is 0 Å². The minimum atomic E-state index is -0.406. The summed E-state index contributed by atoms with van der Waals surface area (Å²) in [7, 11) is 0. The summed E-state index contributed by atoms with van der Waals surface area (Å²) >= 11 is 13.8. The van der Waals surface area contributed by atoms with Crippen LogP contribution in [0.25, 0.3) is 0 Å². The van der Waals surface area contributed by atoms with Gasteiger partial charge in [-0.25, -0.2) is 0 Å². The van der Waals surface area contributed by atoms with E-state index in [1.807, 2.05) is 17.8 Å². The van der Waals surface area contributed by atoms with E-state index in [2.05, 4.69) is 24.3 Å². The van der Waals surface area contributed by atoms with Crippen LogP contribution in [0.2, 0.25) is 0 Å². The van der Waals surface area contributed by atoms with Crippen LogP contribution in [-0.2, 0) is 0 Å². The van der Waals surface area contributed by atoms with Crippen LogP contribution in [0.5, 0.6) is 0 Å². The highest BCUT2D eigenvalue weighted by Gasteiger charge is 2.50. The highest BCUT2D eigenvalue weighted by molar-refractivity contribution is 7.99. The molecule has 0 spiro atoms. The first-order valence-corrected chi connectivity index (χ1v) is 6.48. The Morgan fingerprint density at radius 3 is 2.50 bits per heavy atom. The third kappa shape index (κ3) is 2.82. The maximum atomic E-state index is 5.95. The Labute approximate surface area is 99.0 Å². The van der Waals surface area contributed by atoms with Crippen molar-refractivity contribution in [1.82, 2.24) is 0 Å². The molecule has 0 radical (unpaired) electrons. The van der Waals surface area contributed by atoms with Gasteiger partial charge >= 0.3 is 0 Å². The average molecular weight is 247 g/mol. The summed E-state index contributed by atoms with van der Waals surface area (Å²) in [4.78, 5) is 1.32.